The van der Waals surface area contributed by atoms with E-state index in [1.807, 2.05) is 61.5 Å². The minimum absolute atomic E-state index is 0.318. The van der Waals surface area contributed by atoms with Crippen molar-refractivity contribution in [3.63, 3.8) is 0 Å². The van der Waals surface area contributed by atoms with Gasteiger partial charge < -0.3 is 4.98 Å². The number of fused-ring (bicyclic) bond motifs is 1. The molecule has 0 saturated heterocycles. The fourth-order valence-corrected chi connectivity index (χ4v) is 3.26. The van der Waals surface area contributed by atoms with Gasteiger partial charge in [0.1, 0.15) is 17.2 Å². The van der Waals surface area contributed by atoms with Gasteiger partial charge in [0, 0.05) is 12.0 Å². The van der Waals surface area contributed by atoms with Gasteiger partial charge in [-0.15, -0.1) is 0 Å². The van der Waals surface area contributed by atoms with Crippen molar-refractivity contribution in [1.82, 2.24) is 9.97 Å². The molecule has 25 heavy (non-hydrogen) atoms. The smallest absolute Gasteiger partial charge is 0.134 e. The summed E-state index contributed by atoms with van der Waals surface area (Å²) in [4.78, 5) is 7.87. The number of hydrogen-bond donors (Lipinski definition) is 1. The maximum Gasteiger partial charge on any atom is 0.134 e. The Morgan fingerprint density at radius 2 is 1.76 bits per heavy atom. The SMILES string of the molecule is Cc1ccc(-c2c(F)cc(Cl)c3nc(Cc4ccccc4)[nH]c23)cc1. The predicted molar refractivity (Wildman–Crippen MR) is 100 cm³/mol. The standard InChI is InChI=1S/C21H16ClFN2/c1-13-7-9-15(10-8-13)19-17(23)12-16(22)20-21(19)25-18(24-20)11-14-5-3-2-4-6-14/h2-10,12H,11H2,1H3,(H,24,25). The number of nitrogens with zero attached hydrogens (tertiary/aromatic N) is 1. The van der Waals surface area contributed by atoms with Gasteiger partial charge in [0.2, 0.25) is 0 Å². The van der Waals surface area contributed by atoms with Crippen molar-refractivity contribution < 1.29 is 4.39 Å². The van der Waals surface area contributed by atoms with Gasteiger partial charge in [-0.2, -0.15) is 0 Å². The van der Waals surface area contributed by atoms with E-state index < -0.39 is 0 Å². The number of aryl methyl sites for hydroxylation is 1. The number of aromatic nitrogens is 2. The first-order chi connectivity index (χ1) is 12.1. The summed E-state index contributed by atoms with van der Waals surface area (Å²) in [6.07, 6.45) is 0.640. The van der Waals surface area contributed by atoms with Crippen LogP contribution < -0.4 is 0 Å². The molecule has 124 valence electrons. The molecule has 1 aromatic heterocycles. The number of rotatable bonds is 3. The number of imidazole rings is 1. The van der Waals surface area contributed by atoms with Crippen molar-refractivity contribution in [2.45, 2.75) is 13.3 Å². The third-order valence-electron chi connectivity index (χ3n) is 4.28. The van der Waals surface area contributed by atoms with Crippen LogP contribution in [0.25, 0.3) is 22.2 Å². The van der Waals surface area contributed by atoms with Crippen LogP contribution in [0.3, 0.4) is 0 Å². The molecule has 0 unspecified atom stereocenters. The molecule has 0 aliphatic rings. The van der Waals surface area contributed by atoms with Gasteiger partial charge in [-0.25, -0.2) is 9.37 Å². The molecule has 0 bridgehead atoms. The van der Waals surface area contributed by atoms with Crippen LogP contribution in [0.5, 0.6) is 0 Å². The maximum atomic E-state index is 14.7. The highest BCUT2D eigenvalue weighted by molar-refractivity contribution is 6.35. The number of benzene rings is 3. The average molecular weight is 351 g/mol. The molecule has 0 fully saturated rings. The van der Waals surface area contributed by atoms with Crippen LogP contribution in [0.1, 0.15) is 17.0 Å². The van der Waals surface area contributed by atoms with E-state index in [4.69, 9.17) is 11.6 Å². The lowest BCUT2D eigenvalue weighted by molar-refractivity contribution is 0.633. The molecule has 1 N–H and O–H groups in total. The lowest BCUT2D eigenvalue weighted by Gasteiger charge is -2.06. The number of hydrogen-bond acceptors (Lipinski definition) is 1. The Bertz CT molecular complexity index is 1040. The zero-order valence-electron chi connectivity index (χ0n) is 13.7. The summed E-state index contributed by atoms with van der Waals surface area (Å²) in [6.45, 7) is 2.01. The van der Waals surface area contributed by atoms with E-state index >= 15 is 0 Å². The summed E-state index contributed by atoms with van der Waals surface area (Å²) in [5, 5.41) is 0.318. The summed E-state index contributed by atoms with van der Waals surface area (Å²) >= 11 is 6.24. The lowest BCUT2D eigenvalue weighted by atomic mass is 10.0. The van der Waals surface area contributed by atoms with Crippen LogP contribution in [0.15, 0.2) is 60.7 Å². The first-order valence-electron chi connectivity index (χ1n) is 8.09. The average Bonchev–Trinajstić information content (AvgIpc) is 3.01. The molecule has 3 aromatic carbocycles. The molecular weight excluding hydrogens is 335 g/mol. The molecule has 0 atom stereocenters. The number of nitrogens with one attached hydrogen (secondary N) is 1. The van der Waals surface area contributed by atoms with Crippen molar-refractivity contribution in [3.05, 3.63) is 88.5 Å². The van der Waals surface area contributed by atoms with Crippen molar-refractivity contribution >= 4 is 22.6 Å². The highest BCUT2D eigenvalue weighted by Gasteiger charge is 2.17. The molecule has 4 rings (SSSR count). The quantitative estimate of drug-likeness (QED) is 0.488. The monoisotopic (exact) mass is 350 g/mol. The fourth-order valence-electron chi connectivity index (χ4n) is 3.02. The lowest BCUT2D eigenvalue weighted by Crippen LogP contribution is -1.90. The number of aromatic amines is 1. The summed E-state index contributed by atoms with van der Waals surface area (Å²) in [5.41, 5.74) is 4.81. The van der Waals surface area contributed by atoms with E-state index in [2.05, 4.69) is 9.97 Å². The Morgan fingerprint density at radius 3 is 2.48 bits per heavy atom. The van der Waals surface area contributed by atoms with Gasteiger partial charge >= 0.3 is 0 Å². The molecule has 0 aliphatic heterocycles. The van der Waals surface area contributed by atoms with Crippen molar-refractivity contribution in [1.29, 1.82) is 0 Å². The van der Waals surface area contributed by atoms with Crippen LogP contribution in [-0.4, -0.2) is 9.97 Å². The Kier molecular flexibility index (Phi) is 4.02. The minimum Gasteiger partial charge on any atom is -0.341 e. The van der Waals surface area contributed by atoms with Crippen LogP contribution in [0, 0.1) is 12.7 Å². The Balaban J connectivity index is 1.87. The molecular formula is C21H16ClFN2. The molecule has 0 saturated carbocycles. The second-order valence-corrected chi connectivity index (χ2v) is 6.56. The van der Waals surface area contributed by atoms with Crippen molar-refractivity contribution in [2.24, 2.45) is 0 Å². The molecule has 1 heterocycles. The maximum absolute atomic E-state index is 14.7. The first-order valence-corrected chi connectivity index (χ1v) is 8.47. The number of H-pyrrole nitrogens is 1. The summed E-state index contributed by atoms with van der Waals surface area (Å²) in [7, 11) is 0. The molecule has 2 nitrogen and oxygen atoms in total. The number of halogens is 2. The normalized spacial score (nSPS) is 11.2. The minimum atomic E-state index is -0.351. The van der Waals surface area contributed by atoms with Crippen molar-refractivity contribution in [2.75, 3.05) is 0 Å². The Morgan fingerprint density at radius 1 is 1.04 bits per heavy atom. The summed E-state index contributed by atoms with van der Waals surface area (Å²) in [5.74, 6) is 0.415. The van der Waals surface area contributed by atoms with Crippen molar-refractivity contribution in [3.8, 4) is 11.1 Å². The molecule has 4 heteroatoms. The highest BCUT2D eigenvalue weighted by atomic mass is 35.5. The third kappa shape index (κ3) is 3.03. The second-order valence-electron chi connectivity index (χ2n) is 6.15. The van der Waals surface area contributed by atoms with Gasteiger partial charge in [0.25, 0.3) is 0 Å². The Hall–Kier alpha value is -2.65. The summed E-state index contributed by atoms with van der Waals surface area (Å²) in [6, 6.07) is 19.1. The topological polar surface area (TPSA) is 28.7 Å². The Labute approximate surface area is 150 Å². The van der Waals surface area contributed by atoms with Gasteiger partial charge in [-0.05, 0) is 24.1 Å². The van der Waals surface area contributed by atoms with E-state index in [-0.39, 0.29) is 5.82 Å². The first kappa shape index (κ1) is 15.9. The van der Waals surface area contributed by atoms with Crippen LogP contribution in [0.4, 0.5) is 4.39 Å². The molecule has 0 amide bonds. The zero-order chi connectivity index (χ0) is 17.4. The third-order valence-corrected chi connectivity index (χ3v) is 4.56. The fraction of sp³-hybridized carbons (Fsp3) is 0.0952. The van der Waals surface area contributed by atoms with E-state index in [0.29, 0.717) is 28.0 Å². The van der Waals surface area contributed by atoms with Crippen LogP contribution in [-0.2, 0) is 6.42 Å². The molecule has 0 spiro atoms. The van der Waals surface area contributed by atoms with E-state index in [0.717, 1.165) is 22.5 Å². The van der Waals surface area contributed by atoms with Crippen LogP contribution >= 0.6 is 11.6 Å². The summed E-state index contributed by atoms with van der Waals surface area (Å²) < 4.78 is 14.7. The van der Waals surface area contributed by atoms with Gasteiger partial charge in [-0.1, -0.05) is 71.8 Å². The van der Waals surface area contributed by atoms with E-state index in [1.54, 1.807) is 0 Å². The predicted octanol–water partition coefficient (Wildman–Crippen LogP) is 5.92. The zero-order valence-corrected chi connectivity index (χ0v) is 14.4. The highest BCUT2D eigenvalue weighted by Crippen LogP contribution is 2.34. The van der Waals surface area contributed by atoms with E-state index in [1.165, 1.54) is 6.07 Å². The second kappa shape index (κ2) is 6.34. The van der Waals surface area contributed by atoms with Gasteiger partial charge in [0.15, 0.2) is 0 Å². The molecule has 0 radical (unpaired) electrons. The van der Waals surface area contributed by atoms with Gasteiger partial charge in [-0.3, -0.25) is 0 Å². The van der Waals surface area contributed by atoms with Gasteiger partial charge in [0.05, 0.1) is 10.5 Å². The van der Waals surface area contributed by atoms with Crippen LogP contribution in [0.2, 0.25) is 5.02 Å². The largest absolute Gasteiger partial charge is 0.341 e. The molecule has 4 aromatic rings. The molecule has 0 aliphatic carbocycles. The van der Waals surface area contributed by atoms with E-state index in [9.17, 15) is 4.39 Å².